The van der Waals surface area contributed by atoms with Gasteiger partial charge >= 0.3 is 0 Å². The van der Waals surface area contributed by atoms with Gasteiger partial charge in [-0.2, -0.15) is 0 Å². The first-order valence-electron chi connectivity index (χ1n) is 6.65. The molecule has 2 rings (SSSR count). The summed E-state index contributed by atoms with van der Waals surface area (Å²) in [6.07, 6.45) is 5.69. The minimum atomic E-state index is -0.775. The predicted octanol–water partition coefficient (Wildman–Crippen LogP) is 1.94. The summed E-state index contributed by atoms with van der Waals surface area (Å²) in [4.78, 5) is 35.9. The van der Waals surface area contributed by atoms with Crippen molar-refractivity contribution in [3.05, 3.63) is 62.7 Å². The molecule has 0 radical (unpaired) electrons. The quantitative estimate of drug-likeness (QED) is 0.458. The molecule has 0 saturated heterocycles. The fraction of sp³-hybridized carbons (Fsp3) is 0.231. The molecule has 0 bridgehead atoms. The van der Waals surface area contributed by atoms with Crippen molar-refractivity contribution in [3.8, 4) is 0 Å². The number of carbonyl (C=O) groups is 1. The molecule has 0 spiro atoms. The van der Waals surface area contributed by atoms with Crippen LogP contribution < -0.4 is 5.32 Å². The summed E-state index contributed by atoms with van der Waals surface area (Å²) in [5, 5.41) is 24.1. The van der Waals surface area contributed by atoms with Gasteiger partial charge in [-0.1, -0.05) is 0 Å². The van der Waals surface area contributed by atoms with Crippen LogP contribution in [-0.2, 0) is 6.54 Å². The lowest BCUT2D eigenvalue weighted by Crippen LogP contribution is -2.25. The number of hydrogen-bond donors (Lipinski definition) is 1. The van der Waals surface area contributed by atoms with Crippen molar-refractivity contribution in [2.45, 2.75) is 13.0 Å². The zero-order valence-corrected chi connectivity index (χ0v) is 13.1. The van der Waals surface area contributed by atoms with Crippen molar-refractivity contribution >= 4 is 29.7 Å². The number of nitrogens with one attached hydrogen (secondary N) is 1. The second kappa shape index (κ2) is 8.58. The number of aromatic nitrogens is 2. The van der Waals surface area contributed by atoms with Crippen LogP contribution in [-0.4, -0.2) is 31.8 Å². The molecule has 0 aliphatic carbocycles. The maximum absolute atomic E-state index is 12.0. The standard InChI is InChI=1S/C13H13N5O5.ClH/c19-13(15-2-1-4-16-5-3-14-9-16)10-6-11(17(20)21)8-12(7-10)18(22)23;/h3,5-9H,1-2,4H2,(H,15,19);1H. The van der Waals surface area contributed by atoms with Gasteiger partial charge in [0.05, 0.1) is 27.8 Å². The summed E-state index contributed by atoms with van der Waals surface area (Å²) in [5.41, 5.74) is -1.11. The molecule has 0 fully saturated rings. The van der Waals surface area contributed by atoms with E-state index >= 15 is 0 Å². The molecule has 1 N–H and O–H groups in total. The average Bonchev–Trinajstić information content (AvgIpc) is 3.04. The number of nitro groups is 2. The van der Waals surface area contributed by atoms with Gasteiger partial charge in [0, 0.05) is 37.6 Å². The van der Waals surface area contributed by atoms with E-state index in [1.54, 1.807) is 18.7 Å². The summed E-state index contributed by atoms with van der Waals surface area (Å²) in [6, 6.07) is 2.84. The van der Waals surface area contributed by atoms with Gasteiger partial charge in [-0.15, -0.1) is 12.4 Å². The molecule has 0 unspecified atom stereocenters. The van der Waals surface area contributed by atoms with Crippen molar-refractivity contribution < 1.29 is 14.6 Å². The van der Waals surface area contributed by atoms with E-state index in [0.29, 0.717) is 19.5 Å². The summed E-state index contributed by atoms with van der Waals surface area (Å²) in [7, 11) is 0. The molecule has 0 aliphatic rings. The SMILES string of the molecule is Cl.O=C(NCCCn1ccnc1)c1cc([N+](=O)[O-])cc([N+](=O)[O-])c1. The topological polar surface area (TPSA) is 133 Å². The van der Waals surface area contributed by atoms with Gasteiger partial charge in [0.15, 0.2) is 0 Å². The number of nitrogens with zero attached hydrogens (tertiary/aromatic N) is 4. The maximum Gasteiger partial charge on any atom is 0.277 e. The minimum absolute atomic E-state index is 0. The number of nitro benzene ring substituents is 2. The van der Waals surface area contributed by atoms with E-state index in [-0.39, 0.29) is 18.0 Å². The van der Waals surface area contributed by atoms with E-state index in [9.17, 15) is 25.0 Å². The number of imidazole rings is 1. The maximum atomic E-state index is 12.0. The normalized spacial score (nSPS) is 9.83. The summed E-state index contributed by atoms with van der Waals surface area (Å²) in [5.74, 6) is -0.595. The van der Waals surface area contributed by atoms with Crippen molar-refractivity contribution in [2.75, 3.05) is 6.54 Å². The molecular weight excluding hydrogens is 342 g/mol. The van der Waals surface area contributed by atoms with Crippen LogP contribution in [0.2, 0.25) is 0 Å². The van der Waals surface area contributed by atoms with Gasteiger partial charge < -0.3 is 9.88 Å². The molecule has 1 amide bonds. The Kier molecular flexibility index (Phi) is 6.80. The zero-order chi connectivity index (χ0) is 16.8. The highest BCUT2D eigenvalue weighted by atomic mass is 35.5. The highest BCUT2D eigenvalue weighted by Gasteiger charge is 2.19. The van der Waals surface area contributed by atoms with E-state index < -0.39 is 27.1 Å². The highest BCUT2D eigenvalue weighted by Crippen LogP contribution is 2.22. The van der Waals surface area contributed by atoms with Gasteiger partial charge in [-0.25, -0.2) is 4.98 Å². The van der Waals surface area contributed by atoms with Crippen LogP contribution in [0.4, 0.5) is 11.4 Å². The Bertz CT molecular complexity index is 702. The van der Waals surface area contributed by atoms with Crippen LogP contribution in [0.25, 0.3) is 0 Å². The Morgan fingerprint density at radius 2 is 1.79 bits per heavy atom. The number of halogens is 1. The number of rotatable bonds is 7. The largest absolute Gasteiger partial charge is 0.352 e. The molecule has 128 valence electrons. The Balaban J connectivity index is 0.00000288. The number of carbonyl (C=O) groups excluding carboxylic acids is 1. The predicted molar refractivity (Wildman–Crippen MR) is 86.2 cm³/mol. The highest BCUT2D eigenvalue weighted by molar-refractivity contribution is 5.95. The van der Waals surface area contributed by atoms with Gasteiger partial charge in [0.25, 0.3) is 17.3 Å². The van der Waals surface area contributed by atoms with E-state index in [2.05, 4.69) is 10.3 Å². The van der Waals surface area contributed by atoms with Crippen molar-refractivity contribution in [1.82, 2.24) is 14.9 Å². The van der Waals surface area contributed by atoms with Gasteiger partial charge in [-0.3, -0.25) is 25.0 Å². The zero-order valence-electron chi connectivity index (χ0n) is 12.3. The smallest absolute Gasteiger partial charge is 0.277 e. The average molecular weight is 356 g/mol. The van der Waals surface area contributed by atoms with Crippen LogP contribution >= 0.6 is 12.4 Å². The van der Waals surface area contributed by atoms with Gasteiger partial charge in [0.2, 0.25) is 0 Å². The first kappa shape index (κ1) is 19.0. The fourth-order valence-electron chi connectivity index (χ4n) is 1.92. The molecule has 0 atom stereocenters. The minimum Gasteiger partial charge on any atom is -0.352 e. The third-order valence-corrected chi connectivity index (χ3v) is 3.02. The summed E-state index contributed by atoms with van der Waals surface area (Å²) < 4.78 is 1.84. The lowest BCUT2D eigenvalue weighted by Gasteiger charge is -2.06. The molecule has 1 aromatic carbocycles. The number of amides is 1. The number of aryl methyl sites for hydroxylation is 1. The summed E-state index contributed by atoms with van der Waals surface area (Å²) >= 11 is 0. The first-order chi connectivity index (χ1) is 11.0. The molecule has 10 nitrogen and oxygen atoms in total. The molecule has 11 heteroatoms. The van der Waals surface area contributed by atoms with Crippen LogP contribution in [0.15, 0.2) is 36.9 Å². The van der Waals surface area contributed by atoms with Gasteiger partial charge in [-0.05, 0) is 6.42 Å². The molecule has 1 aromatic heterocycles. The lowest BCUT2D eigenvalue weighted by atomic mass is 10.1. The van der Waals surface area contributed by atoms with Crippen molar-refractivity contribution in [3.63, 3.8) is 0 Å². The van der Waals surface area contributed by atoms with Crippen LogP contribution in [0.5, 0.6) is 0 Å². The Hall–Kier alpha value is -3.01. The van der Waals surface area contributed by atoms with E-state index in [0.717, 1.165) is 18.2 Å². The second-order valence-electron chi connectivity index (χ2n) is 4.66. The summed E-state index contributed by atoms with van der Waals surface area (Å²) in [6.45, 7) is 0.975. The number of benzene rings is 1. The monoisotopic (exact) mass is 355 g/mol. The van der Waals surface area contributed by atoms with E-state index in [4.69, 9.17) is 0 Å². The molecule has 0 saturated carbocycles. The Morgan fingerprint density at radius 3 is 2.29 bits per heavy atom. The molecule has 0 aliphatic heterocycles. The van der Waals surface area contributed by atoms with Crippen LogP contribution in [0.1, 0.15) is 16.8 Å². The van der Waals surface area contributed by atoms with Gasteiger partial charge in [0.1, 0.15) is 0 Å². The third kappa shape index (κ3) is 5.02. The molecule has 1 heterocycles. The second-order valence-corrected chi connectivity index (χ2v) is 4.66. The number of non-ortho nitro benzene ring substituents is 2. The number of hydrogen-bond acceptors (Lipinski definition) is 6. The molecule has 24 heavy (non-hydrogen) atoms. The van der Waals surface area contributed by atoms with Crippen molar-refractivity contribution in [2.24, 2.45) is 0 Å². The van der Waals surface area contributed by atoms with Crippen LogP contribution in [0, 0.1) is 20.2 Å². The lowest BCUT2D eigenvalue weighted by molar-refractivity contribution is -0.394. The Morgan fingerprint density at radius 1 is 1.17 bits per heavy atom. The van der Waals surface area contributed by atoms with Crippen LogP contribution in [0.3, 0.4) is 0 Å². The van der Waals surface area contributed by atoms with Crippen molar-refractivity contribution in [1.29, 1.82) is 0 Å². The van der Waals surface area contributed by atoms with E-state index in [1.165, 1.54) is 0 Å². The molecular formula is C13H14ClN5O5. The van der Waals surface area contributed by atoms with E-state index in [1.807, 2.05) is 4.57 Å². The third-order valence-electron chi connectivity index (χ3n) is 3.02. The molecule has 2 aromatic rings. The first-order valence-corrected chi connectivity index (χ1v) is 6.65. The fourth-order valence-corrected chi connectivity index (χ4v) is 1.92. The Labute approximate surface area is 142 Å².